The number of aromatic nitrogens is 2. The Kier molecular flexibility index (Phi) is 5.72. The quantitative estimate of drug-likeness (QED) is 0.768. The Morgan fingerprint density at radius 2 is 2.09 bits per heavy atom. The highest BCUT2D eigenvalue weighted by Gasteiger charge is 2.15. The molecule has 2 aromatic rings. The molecule has 22 heavy (non-hydrogen) atoms. The first-order valence-electron chi connectivity index (χ1n) is 7.69. The zero-order chi connectivity index (χ0) is 15.9. The van der Waals surface area contributed by atoms with Crippen LogP contribution in [0.2, 0.25) is 0 Å². The maximum absolute atomic E-state index is 12.3. The third kappa shape index (κ3) is 3.95. The van der Waals surface area contributed by atoms with Gasteiger partial charge in [-0.05, 0) is 38.6 Å². The molecular weight excluding hydrogens is 276 g/mol. The normalized spacial score (nSPS) is 10.7. The highest BCUT2D eigenvalue weighted by molar-refractivity contribution is 5.95. The van der Waals surface area contributed by atoms with Crippen LogP contribution in [0.25, 0.3) is 0 Å². The number of nitrogens with zero attached hydrogens (tertiary/aromatic N) is 2. The maximum atomic E-state index is 12.3. The predicted molar refractivity (Wildman–Crippen MR) is 88.1 cm³/mol. The molecular formula is C17H24N4O. The molecule has 5 nitrogen and oxygen atoms in total. The number of nitrogens with one attached hydrogen (secondary N) is 2. The molecule has 2 aromatic heterocycles. The van der Waals surface area contributed by atoms with Crippen LogP contribution < -0.4 is 10.6 Å². The van der Waals surface area contributed by atoms with E-state index in [0.29, 0.717) is 13.1 Å². The molecule has 0 aromatic carbocycles. The van der Waals surface area contributed by atoms with Gasteiger partial charge in [0.15, 0.2) is 0 Å². The lowest BCUT2D eigenvalue weighted by Gasteiger charge is -2.09. The van der Waals surface area contributed by atoms with Gasteiger partial charge in [0.05, 0.1) is 17.8 Å². The van der Waals surface area contributed by atoms with Crippen molar-refractivity contribution >= 4 is 5.91 Å². The minimum Gasteiger partial charge on any atom is -0.351 e. The van der Waals surface area contributed by atoms with E-state index >= 15 is 0 Å². The molecule has 0 saturated carbocycles. The number of hydrogen-bond donors (Lipinski definition) is 2. The third-order valence-corrected chi connectivity index (χ3v) is 3.70. The van der Waals surface area contributed by atoms with Crippen LogP contribution in [0.15, 0.2) is 30.5 Å². The van der Waals surface area contributed by atoms with Crippen molar-refractivity contribution in [2.45, 2.75) is 27.3 Å². The Hall–Kier alpha value is -2.14. The molecule has 5 heteroatoms. The fourth-order valence-electron chi connectivity index (χ4n) is 2.46. The van der Waals surface area contributed by atoms with Gasteiger partial charge in [0.1, 0.15) is 0 Å². The van der Waals surface area contributed by atoms with Crippen LogP contribution in [0, 0.1) is 13.8 Å². The van der Waals surface area contributed by atoms with Crippen molar-refractivity contribution in [3.63, 3.8) is 0 Å². The first-order valence-corrected chi connectivity index (χ1v) is 7.69. The lowest BCUT2D eigenvalue weighted by molar-refractivity contribution is 0.0953. The van der Waals surface area contributed by atoms with Gasteiger partial charge in [0.25, 0.3) is 5.91 Å². The first-order chi connectivity index (χ1) is 10.6. The molecule has 118 valence electrons. The molecule has 0 unspecified atom stereocenters. The molecule has 0 aliphatic heterocycles. The summed E-state index contributed by atoms with van der Waals surface area (Å²) in [7, 11) is 0. The van der Waals surface area contributed by atoms with Crippen molar-refractivity contribution in [3.8, 4) is 0 Å². The van der Waals surface area contributed by atoms with E-state index in [4.69, 9.17) is 0 Å². The van der Waals surface area contributed by atoms with Crippen molar-refractivity contribution in [3.05, 3.63) is 53.1 Å². The van der Waals surface area contributed by atoms with Gasteiger partial charge in [-0.2, -0.15) is 0 Å². The van der Waals surface area contributed by atoms with Crippen molar-refractivity contribution in [2.24, 2.45) is 0 Å². The van der Waals surface area contributed by atoms with Gasteiger partial charge >= 0.3 is 0 Å². The van der Waals surface area contributed by atoms with Crippen LogP contribution in [-0.2, 0) is 6.54 Å². The van der Waals surface area contributed by atoms with Gasteiger partial charge in [-0.3, -0.25) is 9.78 Å². The largest absolute Gasteiger partial charge is 0.351 e. The number of likely N-dealkylation sites (N-methyl/N-ethyl adjacent to an activating group) is 1. The average Bonchev–Trinajstić information content (AvgIpc) is 2.81. The van der Waals surface area contributed by atoms with E-state index in [0.717, 1.165) is 35.7 Å². The van der Waals surface area contributed by atoms with E-state index in [-0.39, 0.29) is 5.91 Å². The van der Waals surface area contributed by atoms with Gasteiger partial charge in [0, 0.05) is 30.7 Å². The Morgan fingerprint density at radius 3 is 2.77 bits per heavy atom. The minimum atomic E-state index is -0.0155. The highest BCUT2D eigenvalue weighted by Crippen LogP contribution is 2.16. The number of rotatable bonds is 7. The van der Waals surface area contributed by atoms with Crippen LogP contribution >= 0.6 is 0 Å². The van der Waals surface area contributed by atoms with Gasteiger partial charge in [-0.15, -0.1) is 0 Å². The van der Waals surface area contributed by atoms with Crippen molar-refractivity contribution in [1.29, 1.82) is 0 Å². The summed E-state index contributed by atoms with van der Waals surface area (Å²) in [6.45, 7) is 9.07. The van der Waals surface area contributed by atoms with E-state index in [1.807, 2.05) is 45.0 Å². The standard InChI is InChI=1S/C17H24N4O/c1-4-18-9-10-20-17(22)16-11-13(2)21(14(16)3)12-15-7-5-6-8-19-15/h5-8,11,18H,4,9-10,12H2,1-3H3,(H,20,22). The van der Waals surface area contributed by atoms with Crippen molar-refractivity contribution < 1.29 is 4.79 Å². The van der Waals surface area contributed by atoms with Gasteiger partial charge in [-0.25, -0.2) is 0 Å². The lowest BCUT2D eigenvalue weighted by atomic mass is 10.2. The fraction of sp³-hybridized carbons (Fsp3) is 0.412. The topological polar surface area (TPSA) is 58.9 Å². The molecule has 0 aliphatic rings. The molecule has 0 fully saturated rings. The number of carbonyl (C=O) groups is 1. The summed E-state index contributed by atoms with van der Waals surface area (Å²) in [6.07, 6.45) is 1.79. The molecule has 0 radical (unpaired) electrons. The van der Waals surface area contributed by atoms with E-state index in [1.54, 1.807) is 6.20 Å². The average molecular weight is 300 g/mol. The molecule has 0 spiro atoms. The van der Waals surface area contributed by atoms with E-state index in [9.17, 15) is 4.79 Å². The Bertz CT molecular complexity index is 619. The zero-order valence-electron chi connectivity index (χ0n) is 13.5. The molecule has 2 heterocycles. The molecule has 0 bridgehead atoms. The molecule has 0 saturated heterocycles. The van der Waals surface area contributed by atoms with Gasteiger partial charge in [-0.1, -0.05) is 13.0 Å². The summed E-state index contributed by atoms with van der Waals surface area (Å²) in [4.78, 5) is 16.6. The first kappa shape index (κ1) is 16.2. The van der Waals surface area contributed by atoms with Crippen LogP contribution in [0.3, 0.4) is 0 Å². The second-order valence-electron chi connectivity index (χ2n) is 5.30. The smallest absolute Gasteiger partial charge is 0.253 e. The van der Waals surface area contributed by atoms with E-state index in [1.165, 1.54) is 0 Å². The molecule has 1 amide bonds. The Morgan fingerprint density at radius 1 is 1.27 bits per heavy atom. The monoisotopic (exact) mass is 300 g/mol. The van der Waals surface area contributed by atoms with Crippen LogP contribution in [-0.4, -0.2) is 35.1 Å². The summed E-state index contributed by atoms with van der Waals surface area (Å²) in [5.74, 6) is -0.0155. The molecule has 2 rings (SSSR count). The van der Waals surface area contributed by atoms with Crippen LogP contribution in [0.1, 0.15) is 34.4 Å². The number of amides is 1. The van der Waals surface area contributed by atoms with Crippen LogP contribution in [0.5, 0.6) is 0 Å². The third-order valence-electron chi connectivity index (χ3n) is 3.70. The Labute approximate surface area is 131 Å². The molecule has 0 aliphatic carbocycles. The van der Waals surface area contributed by atoms with E-state index in [2.05, 4.69) is 20.2 Å². The predicted octanol–water partition coefficient (Wildman–Crippen LogP) is 1.89. The van der Waals surface area contributed by atoms with Gasteiger partial charge in [0.2, 0.25) is 0 Å². The summed E-state index contributed by atoms with van der Waals surface area (Å²) in [5.41, 5.74) is 3.78. The summed E-state index contributed by atoms with van der Waals surface area (Å²) >= 11 is 0. The molecule has 0 atom stereocenters. The lowest BCUT2D eigenvalue weighted by Crippen LogP contribution is -2.31. The number of aryl methyl sites for hydroxylation is 1. The van der Waals surface area contributed by atoms with Gasteiger partial charge < -0.3 is 15.2 Å². The minimum absolute atomic E-state index is 0.0155. The molecule has 2 N–H and O–H groups in total. The number of hydrogen-bond acceptors (Lipinski definition) is 3. The maximum Gasteiger partial charge on any atom is 0.253 e. The summed E-state index contributed by atoms with van der Waals surface area (Å²) in [5, 5.41) is 6.14. The second-order valence-corrected chi connectivity index (χ2v) is 5.30. The summed E-state index contributed by atoms with van der Waals surface area (Å²) in [6, 6.07) is 7.82. The van der Waals surface area contributed by atoms with E-state index < -0.39 is 0 Å². The highest BCUT2D eigenvalue weighted by atomic mass is 16.1. The number of carbonyl (C=O) groups excluding carboxylic acids is 1. The number of pyridine rings is 1. The SMILES string of the molecule is CCNCCNC(=O)c1cc(C)n(Cc2ccccn2)c1C. The second kappa shape index (κ2) is 7.75. The van der Waals surface area contributed by atoms with Crippen molar-refractivity contribution in [1.82, 2.24) is 20.2 Å². The summed E-state index contributed by atoms with van der Waals surface area (Å²) < 4.78 is 2.13. The van der Waals surface area contributed by atoms with Crippen molar-refractivity contribution in [2.75, 3.05) is 19.6 Å². The van der Waals surface area contributed by atoms with Crippen LogP contribution in [0.4, 0.5) is 0 Å². The fourth-order valence-corrected chi connectivity index (χ4v) is 2.46. The zero-order valence-corrected chi connectivity index (χ0v) is 13.5. The Balaban J connectivity index is 2.08.